The Hall–Kier alpha value is -1.14. The number of aromatic nitrogens is 1. The summed E-state index contributed by atoms with van der Waals surface area (Å²) in [5.41, 5.74) is 6.70. The summed E-state index contributed by atoms with van der Waals surface area (Å²) in [5.74, 6) is 0.273. The van der Waals surface area contributed by atoms with Crippen LogP contribution in [0.25, 0.3) is 0 Å². The van der Waals surface area contributed by atoms with Crippen molar-refractivity contribution >= 4 is 17.2 Å². The van der Waals surface area contributed by atoms with E-state index in [9.17, 15) is 0 Å². The smallest absolute Gasteiger partial charge is 0.153 e. The number of oxime groups is 1. The van der Waals surface area contributed by atoms with Crippen LogP contribution in [0.15, 0.2) is 10.5 Å². The predicted molar refractivity (Wildman–Crippen MR) is 72.9 cm³/mol. The first-order valence-corrected chi connectivity index (χ1v) is 7.18. The molecule has 1 heterocycles. The molecule has 0 bridgehead atoms. The molecular formula is C12H20N4OS. The monoisotopic (exact) mass is 268 g/mol. The van der Waals surface area contributed by atoms with Gasteiger partial charge in [0.25, 0.3) is 0 Å². The van der Waals surface area contributed by atoms with E-state index in [1.165, 1.54) is 25.7 Å². The van der Waals surface area contributed by atoms with Crippen molar-refractivity contribution < 1.29 is 5.21 Å². The number of hydrogen-bond donors (Lipinski definition) is 2. The Bertz CT molecular complexity index is 412. The van der Waals surface area contributed by atoms with Crippen LogP contribution in [0.1, 0.15) is 36.4 Å². The molecular weight excluding hydrogens is 248 g/mol. The summed E-state index contributed by atoms with van der Waals surface area (Å²) in [7, 11) is 0. The van der Waals surface area contributed by atoms with Crippen LogP contribution in [0.2, 0.25) is 0 Å². The summed E-state index contributed by atoms with van der Waals surface area (Å²) >= 11 is 1.68. The van der Waals surface area contributed by atoms with Gasteiger partial charge >= 0.3 is 0 Å². The van der Waals surface area contributed by atoms with Crippen molar-refractivity contribution in [3.05, 3.63) is 16.1 Å². The van der Waals surface area contributed by atoms with Gasteiger partial charge in [0.2, 0.25) is 0 Å². The van der Waals surface area contributed by atoms with Gasteiger partial charge in [0, 0.05) is 17.1 Å². The SMILES string of the molecule is Cc1csc(CN(CC(N)=NO)C2CCCC2)n1. The van der Waals surface area contributed by atoms with E-state index in [4.69, 9.17) is 10.9 Å². The van der Waals surface area contributed by atoms with Gasteiger partial charge in [-0.05, 0) is 19.8 Å². The van der Waals surface area contributed by atoms with Crippen LogP contribution in [0, 0.1) is 6.92 Å². The van der Waals surface area contributed by atoms with Gasteiger partial charge in [0.05, 0.1) is 13.1 Å². The molecule has 0 unspecified atom stereocenters. The van der Waals surface area contributed by atoms with Crippen LogP contribution >= 0.6 is 11.3 Å². The topological polar surface area (TPSA) is 74.7 Å². The Morgan fingerprint density at radius 3 is 2.89 bits per heavy atom. The molecule has 18 heavy (non-hydrogen) atoms. The van der Waals surface area contributed by atoms with Gasteiger partial charge < -0.3 is 10.9 Å². The number of hydrogen-bond acceptors (Lipinski definition) is 5. The van der Waals surface area contributed by atoms with Crippen molar-refractivity contribution in [1.82, 2.24) is 9.88 Å². The molecule has 1 aliphatic rings. The van der Waals surface area contributed by atoms with Gasteiger partial charge in [-0.3, -0.25) is 4.90 Å². The third-order valence-electron chi connectivity index (χ3n) is 3.34. The first-order valence-electron chi connectivity index (χ1n) is 6.30. The minimum Gasteiger partial charge on any atom is -0.409 e. The van der Waals surface area contributed by atoms with E-state index in [0.29, 0.717) is 12.6 Å². The summed E-state index contributed by atoms with van der Waals surface area (Å²) < 4.78 is 0. The fourth-order valence-electron chi connectivity index (χ4n) is 2.47. The molecule has 1 saturated carbocycles. The highest BCUT2D eigenvalue weighted by molar-refractivity contribution is 7.09. The molecule has 1 aliphatic carbocycles. The van der Waals surface area contributed by atoms with E-state index < -0.39 is 0 Å². The maximum absolute atomic E-state index is 8.72. The Kier molecular flexibility index (Phi) is 4.54. The molecule has 0 radical (unpaired) electrons. The first kappa shape index (κ1) is 13.3. The lowest BCUT2D eigenvalue weighted by Gasteiger charge is -2.27. The van der Waals surface area contributed by atoms with Crippen molar-refractivity contribution in [2.75, 3.05) is 6.54 Å². The van der Waals surface area contributed by atoms with Gasteiger partial charge in [-0.25, -0.2) is 4.98 Å². The second-order valence-corrected chi connectivity index (χ2v) is 5.76. The van der Waals surface area contributed by atoms with Crippen LogP contribution in [-0.4, -0.2) is 33.5 Å². The van der Waals surface area contributed by atoms with E-state index in [1.54, 1.807) is 11.3 Å². The van der Waals surface area contributed by atoms with Crippen molar-refractivity contribution in [2.45, 2.75) is 45.2 Å². The fourth-order valence-corrected chi connectivity index (χ4v) is 3.27. The average molecular weight is 268 g/mol. The van der Waals surface area contributed by atoms with Crippen molar-refractivity contribution in [2.24, 2.45) is 10.9 Å². The highest BCUT2D eigenvalue weighted by Crippen LogP contribution is 2.25. The fraction of sp³-hybridized carbons (Fsp3) is 0.667. The molecule has 5 nitrogen and oxygen atoms in total. The maximum atomic E-state index is 8.72. The zero-order valence-electron chi connectivity index (χ0n) is 10.7. The van der Waals surface area contributed by atoms with Crippen LogP contribution in [0.5, 0.6) is 0 Å². The summed E-state index contributed by atoms with van der Waals surface area (Å²) in [6.07, 6.45) is 4.94. The summed E-state index contributed by atoms with van der Waals surface area (Å²) in [4.78, 5) is 6.77. The molecule has 2 rings (SSSR count). The van der Waals surface area contributed by atoms with Crippen molar-refractivity contribution in [3.63, 3.8) is 0 Å². The minimum absolute atomic E-state index is 0.273. The van der Waals surface area contributed by atoms with Crippen LogP contribution in [-0.2, 0) is 6.54 Å². The third kappa shape index (κ3) is 3.43. The van der Waals surface area contributed by atoms with E-state index >= 15 is 0 Å². The highest BCUT2D eigenvalue weighted by Gasteiger charge is 2.24. The van der Waals surface area contributed by atoms with Gasteiger partial charge in [-0.15, -0.1) is 11.3 Å². The number of rotatable bonds is 5. The molecule has 0 aromatic carbocycles. The van der Waals surface area contributed by atoms with Crippen molar-refractivity contribution in [1.29, 1.82) is 0 Å². The zero-order valence-corrected chi connectivity index (χ0v) is 11.5. The Morgan fingerprint density at radius 1 is 1.61 bits per heavy atom. The number of nitrogens with two attached hydrogens (primary N) is 1. The summed E-state index contributed by atoms with van der Waals surface area (Å²) in [6, 6.07) is 0.537. The lowest BCUT2D eigenvalue weighted by atomic mass is 10.2. The van der Waals surface area contributed by atoms with Crippen LogP contribution < -0.4 is 5.73 Å². The average Bonchev–Trinajstić information content (AvgIpc) is 2.99. The minimum atomic E-state index is 0.273. The van der Waals surface area contributed by atoms with Crippen molar-refractivity contribution in [3.8, 4) is 0 Å². The number of amidine groups is 1. The van der Waals surface area contributed by atoms with Crippen LogP contribution in [0.3, 0.4) is 0 Å². The molecule has 100 valence electrons. The molecule has 0 saturated heterocycles. The molecule has 0 spiro atoms. The first-order chi connectivity index (χ1) is 8.69. The standard InChI is InChI=1S/C12H20N4OS/c1-9-8-18-12(14-9)7-16(6-11(13)15-17)10-4-2-3-5-10/h8,10,17H,2-7H2,1H3,(H2,13,15). The number of thiazole rings is 1. The number of nitrogens with zero attached hydrogens (tertiary/aromatic N) is 3. The normalized spacial score (nSPS) is 17.8. The summed E-state index contributed by atoms with van der Waals surface area (Å²) in [6.45, 7) is 3.31. The second-order valence-electron chi connectivity index (χ2n) is 4.82. The van der Waals surface area contributed by atoms with E-state index in [-0.39, 0.29) is 5.84 Å². The van der Waals surface area contributed by atoms with Gasteiger partial charge in [0.1, 0.15) is 5.01 Å². The molecule has 1 aromatic heterocycles. The Labute approximate surface area is 111 Å². The largest absolute Gasteiger partial charge is 0.409 e. The Morgan fingerprint density at radius 2 is 2.33 bits per heavy atom. The molecule has 1 aromatic rings. The van der Waals surface area contributed by atoms with Crippen LogP contribution in [0.4, 0.5) is 0 Å². The van der Waals surface area contributed by atoms with Gasteiger partial charge in [0.15, 0.2) is 5.84 Å². The molecule has 3 N–H and O–H groups in total. The van der Waals surface area contributed by atoms with E-state index in [0.717, 1.165) is 17.2 Å². The highest BCUT2D eigenvalue weighted by atomic mass is 32.1. The lowest BCUT2D eigenvalue weighted by molar-refractivity contribution is 0.213. The second kappa shape index (κ2) is 6.15. The molecule has 0 aliphatic heterocycles. The summed E-state index contributed by atoms with van der Waals surface area (Å²) in [5, 5.41) is 15.0. The molecule has 6 heteroatoms. The Balaban J connectivity index is 2.03. The molecule has 1 fully saturated rings. The van der Waals surface area contributed by atoms with Gasteiger partial charge in [-0.2, -0.15) is 0 Å². The zero-order chi connectivity index (χ0) is 13.0. The van der Waals surface area contributed by atoms with E-state index in [2.05, 4.69) is 20.4 Å². The maximum Gasteiger partial charge on any atom is 0.153 e. The third-order valence-corrected chi connectivity index (χ3v) is 4.29. The molecule has 0 amide bonds. The van der Waals surface area contributed by atoms with E-state index in [1.807, 2.05) is 6.92 Å². The number of aryl methyl sites for hydroxylation is 1. The van der Waals surface area contributed by atoms with Gasteiger partial charge in [-0.1, -0.05) is 18.0 Å². The quantitative estimate of drug-likeness (QED) is 0.370. The lowest BCUT2D eigenvalue weighted by Crippen LogP contribution is -2.39. The molecule has 0 atom stereocenters. The predicted octanol–water partition coefficient (Wildman–Crippen LogP) is 1.94.